The van der Waals surface area contributed by atoms with Crippen LogP contribution in [0.4, 0.5) is 0 Å². The van der Waals surface area contributed by atoms with Gasteiger partial charge in [-0.2, -0.15) is 5.26 Å². The molecule has 1 aliphatic carbocycles. The minimum Gasteiger partial charge on any atom is -0.192 e. The molecule has 75 valence electrons. The first-order chi connectivity index (χ1) is 7.24. The Kier molecular flexibility index (Phi) is 2.60. The van der Waals surface area contributed by atoms with Crippen LogP contribution in [-0.2, 0) is 0 Å². The second kappa shape index (κ2) is 3.90. The maximum atomic E-state index is 8.96. The van der Waals surface area contributed by atoms with E-state index in [1.54, 1.807) is 0 Å². The fourth-order valence-electron chi connectivity index (χ4n) is 1.71. The van der Waals surface area contributed by atoms with Crippen molar-refractivity contribution in [3.8, 4) is 6.07 Å². The summed E-state index contributed by atoms with van der Waals surface area (Å²) in [6.07, 6.45) is 4.37. The molecular formula is C14H14N. The van der Waals surface area contributed by atoms with E-state index in [2.05, 4.69) is 18.7 Å². The first-order valence-corrected chi connectivity index (χ1v) is 5.26. The minimum atomic E-state index is 0.690. The maximum Gasteiger partial charge on any atom is 0.0991 e. The van der Waals surface area contributed by atoms with Gasteiger partial charge in [0.15, 0.2) is 0 Å². The normalized spacial score (nSPS) is 15.0. The lowest BCUT2D eigenvalue weighted by atomic mass is 9.95. The average Bonchev–Trinajstić information content (AvgIpc) is 3.11. The Morgan fingerprint density at radius 2 is 2.20 bits per heavy atom. The van der Waals surface area contributed by atoms with Crippen LogP contribution in [0.3, 0.4) is 0 Å². The lowest BCUT2D eigenvalue weighted by molar-refractivity contribution is 1.11. The number of nitrogens with zero attached hydrogens (tertiary/aromatic N) is 1. The van der Waals surface area contributed by atoms with Crippen molar-refractivity contribution in [3.05, 3.63) is 53.5 Å². The molecule has 15 heavy (non-hydrogen) atoms. The lowest BCUT2D eigenvalue weighted by Crippen LogP contribution is -1.93. The molecule has 0 amide bonds. The van der Waals surface area contributed by atoms with Crippen LogP contribution in [0.5, 0.6) is 0 Å². The second-order valence-electron chi connectivity index (χ2n) is 4.12. The van der Waals surface area contributed by atoms with Gasteiger partial charge in [-0.25, -0.2) is 0 Å². The molecule has 0 spiro atoms. The van der Waals surface area contributed by atoms with E-state index in [1.165, 1.54) is 18.4 Å². The van der Waals surface area contributed by atoms with Gasteiger partial charge in [-0.1, -0.05) is 19.1 Å². The standard InChI is InChI=1S/C14H14N/c1-3-10(2)13-6-11(9-15)7-14(8-13)12-4-5-12/h3,6-8,12H,1,4-5H2,2H3. The van der Waals surface area contributed by atoms with E-state index < -0.39 is 0 Å². The predicted octanol–water partition coefficient (Wildman–Crippen LogP) is 3.56. The summed E-state index contributed by atoms with van der Waals surface area (Å²) in [6.45, 7) is 5.79. The number of hydrogen-bond acceptors (Lipinski definition) is 1. The Morgan fingerprint density at radius 3 is 2.73 bits per heavy atom. The Bertz CT molecular complexity index is 421. The zero-order chi connectivity index (χ0) is 10.8. The fraction of sp³-hybridized carbons (Fsp3) is 0.286. The lowest BCUT2D eigenvalue weighted by Gasteiger charge is -2.08. The van der Waals surface area contributed by atoms with E-state index in [0.29, 0.717) is 5.92 Å². The van der Waals surface area contributed by atoms with Crippen molar-refractivity contribution in [1.82, 2.24) is 0 Å². The molecule has 1 saturated carbocycles. The Balaban J connectivity index is 2.41. The van der Waals surface area contributed by atoms with Crippen LogP contribution in [0.25, 0.3) is 0 Å². The van der Waals surface area contributed by atoms with Gasteiger partial charge in [0.1, 0.15) is 0 Å². The van der Waals surface area contributed by atoms with Gasteiger partial charge in [0.25, 0.3) is 0 Å². The molecule has 2 rings (SSSR count). The van der Waals surface area contributed by atoms with Gasteiger partial charge in [0.05, 0.1) is 11.6 Å². The molecule has 1 fully saturated rings. The number of allylic oxidation sites excluding steroid dienone is 1. The predicted molar refractivity (Wildman–Crippen MR) is 61.3 cm³/mol. The molecule has 1 nitrogen and oxygen atoms in total. The molecule has 0 atom stereocenters. The molecular weight excluding hydrogens is 182 g/mol. The number of nitriles is 1. The fourth-order valence-corrected chi connectivity index (χ4v) is 1.71. The highest BCUT2D eigenvalue weighted by molar-refractivity contribution is 5.46. The second-order valence-corrected chi connectivity index (χ2v) is 4.12. The number of rotatable bonds is 3. The van der Waals surface area contributed by atoms with Crippen LogP contribution in [0.1, 0.15) is 42.4 Å². The molecule has 1 aromatic carbocycles. The van der Waals surface area contributed by atoms with Crippen LogP contribution in [0, 0.1) is 17.2 Å². The van der Waals surface area contributed by atoms with Gasteiger partial charge in [0.2, 0.25) is 0 Å². The van der Waals surface area contributed by atoms with Crippen LogP contribution in [-0.4, -0.2) is 0 Å². The highest BCUT2D eigenvalue weighted by atomic mass is 14.3. The summed E-state index contributed by atoms with van der Waals surface area (Å²) in [6, 6.07) is 8.36. The SMILES string of the molecule is C=C[C](C)c1cc(C#N)cc(C2CC2)c1. The van der Waals surface area contributed by atoms with Crippen molar-refractivity contribution in [1.29, 1.82) is 5.26 Å². The molecule has 1 radical (unpaired) electrons. The van der Waals surface area contributed by atoms with Gasteiger partial charge in [-0.05, 0) is 42.0 Å². The van der Waals surface area contributed by atoms with Crippen LogP contribution < -0.4 is 0 Å². The molecule has 1 heteroatoms. The summed E-state index contributed by atoms with van der Waals surface area (Å²) >= 11 is 0. The molecule has 1 aromatic rings. The summed E-state index contributed by atoms with van der Waals surface area (Å²) in [4.78, 5) is 0. The quantitative estimate of drug-likeness (QED) is 0.725. The van der Waals surface area contributed by atoms with Gasteiger partial charge in [0, 0.05) is 5.92 Å². The third kappa shape index (κ3) is 2.10. The molecule has 1 aliphatic rings. The molecule has 0 heterocycles. The zero-order valence-electron chi connectivity index (χ0n) is 8.96. The van der Waals surface area contributed by atoms with Crippen LogP contribution in [0.15, 0.2) is 30.9 Å². The first kappa shape index (κ1) is 9.98. The van der Waals surface area contributed by atoms with Gasteiger partial charge >= 0.3 is 0 Å². The Morgan fingerprint density at radius 1 is 1.47 bits per heavy atom. The smallest absolute Gasteiger partial charge is 0.0991 e. The largest absolute Gasteiger partial charge is 0.192 e. The minimum absolute atomic E-state index is 0.690. The highest BCUT2D eigenvalue weighted by Crippen LogP contribution is 2.41. The number of hydrogen-bond donors (Lipinski definition) is 0. The third-order valence-electron chi connectivity index (χ3n) is 2.89. The Hall–Kier alpha value is -1.55. The van der Waals surface area contributed by atoms with Gasteiger partial charge in [-0.3, -0.25) is 0 Å². The van der Waals surface area contributed by atoms with E-state index in [1.807, 2.05) is 25.1 Å². The summed E-state index contributed by atoms with van der Waals surface area (Å²) in [5, 5.41) is 8.96. The Labute approximate surface area is 91.0 Å². The van der Waals surface area contributed by atoms with Crippen molar-refractivity contribution in [2.75, 3.05) is 0 Å². The van der Waals surface area contributed by atoms with Crippen molar-refractivity contribution in [3.63, 3.8) is 0 Å². The van der Waals surface area contributed by atoms with Crippen molar-refractivity contribution in [2.45, 2.75) is 25.7 Å². The van der Waals surface area contributed by atoms with E-state index >= 15 is 0 Å². The van der Waals surface area contributed by atoms with Crippen molar-refractivity contribution >= 4 is 0 Å². The summed E-state index contributed by atoms with van der Waals surface area (Å²) < 4.78 is 0. The van der Waals surface area contributed by atoms with E-state index in [4.69, 9.17) is 5.26 Å². The number of benzene rings is 1. The van der Waals surface area contributed by atoms with E-state index in [-0.39, 0.29) is 0 Å². The van der Waals surface area contributed by atoms with Crippen LogP contribution in [0.2, 0.25) is 0 Å². The third-order valence-corrected chi connectivity index (χ3v) is 2.89. The molecule has 0 N–H and O–H groups in total. The van der Waals surface area contributed by atoms with Gasteiger partial charge in [-0.15, -0.1) is 6.58 Å². The van der Waals surface area contributed by atoms with Crippen molar-refractivity contribution < 1.29 is 0 Å². The highest BCUT2D eigenvalue weighted by Gasteiger charge is 2.24. The summed E-state index contributed by atoms with van der Waals surface area (Å²) in [5.74, 6) is 1.82. The molecule has 0 bridgehead atoms. The monoisotopic (exact) mass is 196 g/mol. The average molecular weight is 196 g/mol. The van der Waals surface area contributed by atoms with Crippen LogP contribution >= 0.6 is 0 Å². The zero-order valence-corrected chi connectivity index (χ0v) is 8.96. The van der Waals surface area contributed by atoms with E-state index in [9.17, 15) is 0 Å². The maximum absolute atomic E-state index is 8.96. The molecule has 0 aliphatic heterocycles. The molecule has 0 saturated heterocycles. The van der Waals surface area contributed by atoms with E-state index in [0.717, 1.165) is 17.0 Å². The van der Waals surface area contributed by atoms with Gasteiger partial charge < -0.3 is 0 Å². The van der Waals surface area contributed by atoms with Crippen molar-refractivity contribution in [2.24, 2.45) is 0 Å². The topological polar surface area (TPSA) is 23.8 Å². The molecule has 0 unspecified atom stereocenters. The first-order valence-electron chi connectivity index (χ1n) is 5.26. The molecule has 0 aromatic heterocycles. The summed E-state index contributed by atoms with van der Waals surface area (Å²) in [5.41, 5.74) is 3.20. The summed E-state index contributed by atoms with van der Waals surface area (Å²) in [7, 11) is 0.